The molecule has 0 aliphatic heterocycles. The van der Waals surface area contributed by atoms with E-state index in [4.69, 9.17) is 4.74 Å². The van der Waals surface area contributed by atoms with Crippen LogP contribution in [0.5, 0.6) is 0 Å². The molecule has 114 valence electrons. The second kappa shape index (κ2) is 7.34. The molecule has 1 rings (SSSR count). The summed E-state index contributed by atoms with van der Waals surface area (Å²) in [6.45, 7) is 2.28. The molecule has 0 aliphatic carbocycles. The Balaban J connectivity index is 2.86. The van der Waals surface area contributed by atoms with Crippen LogP contribution < -0.4 is 5.32 Å². The number of nitro groups is 1. The highest BCUT2D eigenvalue weighted by molar-refractivity contribution is 5.73. The fraction of sp³-hybridized carbons (Fsp3) is 0.385. The molecule has 8 nitrogen and oxygen atoms in total. The van der Waals surface area contributed by atoms with Crippen LogP contribution in [0.4, 0.5) is 5.69 Å². The lowest BCUT2D eigenvalue weighted by atomic mass is 10.0. The van der Waals surface area contributed by atoms with Crippen LogP contribution in [0.2, 0.25) is 0 Å². The topological polar surface area (TPSA) is 119 Å². The van der Waals surface area contributed by atoms with E-state index in [9.17, 15) is 24.8 Å². The summed E-state index contributed by atoms with van der Waals surface area (Å²) in [7, 11) is 0. The molecule has 0 saturated carbocycles. The summed E-state index contributed by atoms with van der Waals surface area (Å²) < 4.78 is 4.79. The van der Waals surface area contributed by atoms with Gasteiger partial charge in [0.2, 0.25) is 5.91 Å². The van der Waals surface area contributed by atoms with Crippen LogP contribution in [0.1, 0.15) is 25.5 Å². The Kier molecular flexibility index (Phi) is 5.79. The molecular formula is C13H16N2O6. The van der Waals surface area contributed by atoms with Crippen LogP contribution in [-0.4, -0.2) is 34.6 Å². The Labute approximate surface area is 120 Å². The van der Waals surface area contributed by atoms with Gasteiger partial charge in [-0.15, -0.1) is 0 Å². The van der Waals surface area contributed by atoms with Crippen LogP contribution in [0.3, 0.4) is 0 Å². The van der Waals surface area contributed by atoms with Crippen LogP contribution in [-0.2, 0) is 14.3 Å². The Morgan fingerprint density at radius 2 is 1.90 bits per heavy atom. The number of esters is 1. The van der Waals surface area contributed by atoms with Crippen molar-refractivity contribution in [3.05, 3.63) is 39.9 Å². The minimum atomic E-state index is -1.16. The molecule has 2 atom stereocenters. The van der Waals surface area contributed by atoms with Gasteiger partial charge in [0.1, 0.15) is 12.7 Å². The van der Waals surface area contributed by atoms with E-state index in [1.54, 1.807) is 0 Å². The third kappa shape index (κ3) is 5.19. The van der Waals surface area contributed by atoms with E-state index in [0.29, 0.717) is 5.56 Å². The normalized spacial score (nSPS) is 13.1. The van der Waals surface area contributed by atoms with E-state index in [1.165, 1.54) is 38.1 Å². The van der Waals surface area contributed by atoms with Crippen molar-refractivity contribution in [2.24, 2.45) is 0 Å². The second-order valence-corrected chi connectivity index (χ2v) is 4.40. The predicted molar refractivity (Wildman–Crippen MR) is 72.3 cm³/mol. The molecule has 2 N–H and O–H groups in total. The first kappa shape index (κ1) is 16.6. The van der Waals surface area contributed by atoms with Crippen LogP contribution >= 0.6 is 0 Å². The zero-order chi connectivity index (χ0) is 16.0. The summed E-state index contributed by atoms with van der Waals surface area (Å²) in [4.78, 5) is 32.0. The highest BCUT2D eigenvalue weighted by Gasteiger charge is 2.23. The number of nitrogens with one attached hydrogen (secondary N) is 1. The van der Waals surface area contributed by atoms with Gasteiger partial charge >= 0.3 is 5.97 Å². The molecule has 0 spiro atoms. The molecule has 0 unspecified atom stereocenters. The summed E-state index contributed by atoms with van der Waals surface area (Å²) in [5, 5.41) is 23.2. The first-order valence-corrected chi connectivity index (χ1v) is 6.14. The van der Waals surface area contributed by atoms with Gasteiger partial charge in [0.05, 0.1) is 11.0 Å². The molecule has 0 aromatic heterocycles. The third-order valence-electron chi connectivity index (χ3n) is 2.68. The lowest BCUT2D eigenvalue weighted by Gasteiger charge is -2.23. The molecule has 21 heavy (non-hydrogen) atoms. The SMILES string of the molecule is CC(=O)N[C@@H](COC(C)=O)[C@H](O)c1ccc([N+](=O)[O-])cc1. The monoisotopic (exact) mass is 296 g/mol. The average molecular weight is 296 g/mol. The number of nitrogens with zero attached hydrogens (tertiary/aromatic N) is 1. The molecule has 0 bridgehead atoms. The molecule has 0 fully saturated rings. The lowest BCUT2D eigenvalue weighted by Crippen LogP contribution is -2.42. The number of amides is 1. The molecule has 8 heteroatoms. The minimum Gasteiger partial charge on any atom is -0.464 e. The van der Waals surface area contributed by atoms with Crippen molar-refractivity contribution in [2.75, 3.05) is 6.61 Å². The van der Waals surface area contributed by atoms with Gasteiger partial charge in [-0.1, -0.05) is 0 Å². The van der Waals surface area contributed by atoms with Gasteiger partial charge < -0.3 is 15.2 Å². The van der Waals surface area contributed by atoms with Gasteiger partial charge in [-0.3, -0.25) is 19.7 Å². The number of carbonyl (C=O) groups is 2. The number of hydrogen-bond donors (Lipinski definition) is 2. The molecule has 1 aromatic carbocycles. The minimum absolute atomic E-state index is 0.109. The predicted octanol–water partition coefficient (Wildman–Crippen LogP) is 0.696. The molecule has 1 aromatic rings. The second-order valence-electron chi connectivity index (χ2n) is 4.40. The zero-order valence-electron chi connectivity index (χ0n) is 11.6. The Hall–Kier alpha value is -2.48. The summed E-state index contributed by atoms with van der Waals surface area (Å²) in [6, 6.07) is 4.41. The lowest BCUT2D eigenvalue weighted by molar-refractivity contribution is -0.384. The maximum absolute atomic E-state index is 11.1. The molecule has 1 amide bonds. The Bertz CT molecular complexity index is 528. The number of ether oxygens (including phenoxy) is 1. The van der Waals surface area contributed by atoms with Gasteiger partial charge in [-0.05, 0) is 17.7 Å². The van der Waals surface area contributed by atoms with Crippen molar-refractivity contribution in [1.82, 2.24) is 5.32 Å². The van der Waals surface area contributed by atoms with E-state index in [-0.39, 0.29) is 12.3 Å². The van der Waals surface area contributed by atoms with Gasteiger partial charge in [0, 0.05) is 26.0 Å². The summed E-state index contributed by atoms with van der Waals surface area (Å²) in [5.41, 5.74) is 0.258. The number of rotatable bonds is 6. The van der Waals surface area contributed by atoms with Crippen molar-refractivity contribution in [2.45, 2.75) is 26.0 Å². The fourth-order valence-electron chi connectivity index (χ4n) is 1.71. The molecular weight excluding hydrogens is 280 g/mol. The standard InChI is InChI=1S/C13H16N2O6/c1-8(16)14-12(7-21-9(2)17)13(18)10-3-5-11(6-4-10)15(19)20/h3-6,12-13,18H,7H2,1-2H3,(H,14,16)/t12-,13+/m0/s1. The number of benzene rings is 1. The van der Waals surface area contributed by atoms with Crippen LogP contribution in [0, 0.1) is 10.1 Å². The maximum atomic E-state index is 11.1. The van der Waals surface area contributed by atoms with Gasteiger partial charge in [0.15, 0.2) is 0 Å². The smallest absolute Gasteiger partial charge is 0.302 e. The van der Waals surface area contributed by atoms with Crippen molar-refractivity contribution in [3.63, 3.8) is 0 Å². The number of aliphatic hydroxyl groups excluding tert-OH is 1. The van der Waals surface area contributed by atoms with Crippen molar-refractivity contribution in [3.8, 4) is 0 Å². The Morgan fingerprint density at radius 1 is 1.33 bits per heavy atom. The van der Waals surface area contributed by atoms with Gasteiger partial charge in [0.25, 0.3) is 5.69 Å². The maximum Gasteiger partial charge on any atom is 0.302 e. The average Bonchev–Trinajstić information content (AvgIpc) is 2.42. The van der Waals surface area contributed by atoms with Crippen molar-refractivity contribution < 1.29 is 24.4 Å². The fourth-order valence-corrected chi connectivity index (χ4v) is 1.71. The third-order valence-corrected chi connectivity index (χ3v) is 2.68. The summed E-state index contributed by atoms with van der Waals surface area (Å²) in [6.07, 6.45) is -1.16. The van der Waals surface area contributed by atoms with E-state index < -0.39 is 28.9 Å². The molecule has 0 heterocycles. The highest BCUT2D eigenvalue weighted by atomic mass is 16.6. The van der Waals surface area contributed by atoms with Crippen molar-refractivity contribution in [1.29, 1.82) is 0 Å². The molecule has 0 aliphatic rings. The van der Waals surface area contributed by atoms with Gasteiger partial charge in [-0.25, -0.2) is 0 Å². The van der Waals surface area contributed by atoms with Crippen LogP contribution in [0.15, 0.2) is 24.3 Å². The largest absolute Gasteiger partial charge is 0.464 e. The molecule has 0 saturated heterocycles. The first-order chi connectivity index (χ1) is 9.81. The number of aliphatic hydroxyl groups is 1. The van der Waals surface area contributed by atoms with E-state index >= 15 is 0 Å². The van der Waals surface area contributed by atoms with E-state index in [2.05, 4.69) is 5.32 Å². The zero-order valence-corrected chi connectivity index (χ0v) is 11.6. The summed E-state index contributed by atoms with van der Waals surface area (Å²) >= 11 is 0. The highest BCUT2D eigenvalue weighted by Crippen LogP contribution is 2.20. The van der Waals surface area contributed by atoms with E-state index in [0.717, 1.165) is 0 Å². The summed E-state index contributed by atoms with van der Waals surface area (Å²) in [5.74, 6) is -0.936. The first-order valence-electron chi connectivity index (χ1n) is 6.14. The van der Waals surface area contributed by atoms with Gasteiger partial charge in [-0.2, -0.15) is 0 Å². The van der Waals surface area contributed by atoms with E-state index in [1.807, 2.05) is 0 Å². The number of nitro benzene ring substituents is 1. The van der Waals surface area contributed by atoms with Crippen LogP contribution in [0.25, 0.3) is 0 Å². The Morgan fingerprint density at radius 3 is 2.33 bits per heavy atom. The quantitative estimate of drug-likeness (QED) is 0.453. The van der Waals surface area contributed by atoms with Crippen molar-refractivity contribution >= 4 is 17.6 Å². The molecule has 0 radical (unpaired) electrons. The number of non-ortho nitro benzene ring substituents is 1. The number of hydrogen-bond acceptors (Lipinski definition) is 6. The number of carbonyl (C=O) groups excluding carboxylic acids is 2.